The van der Waals surface area contributed by atoms with E-state index in [4.69, 9.17) is 16.7 Å². The fourth-order valence-electron chi connectivity index (χ4n) is 4.55. The average Bonchev–Trinajstić information content (AvgIpc) is 3.59. The summed E-state index contributed by atoms with van der Waals surface area (Å²) < 4.78 is 2.13. The van der Waals surface area contributed by atoms with Crippen molar-refractivity contribution in [3.8, 4) is 22.6 Å². The van der Waals surface area contributed by atoms with Crippen LogP contribution in [-0.2, 0) is 6.54 Å². The molecule has 2 aromatic heterocycles. The Morgan fingerprint density at radius 1 is 1.05 bits per heavy atom. The molecule has 9 nitrogen and oxygen atoms in total. The van der Waals surface area contributed by atoms with Gasteiger partial charge in [0, 0.05) is 22.9 Å². The standard InChI is InChI=1S/C26H25N9.C2H6/c1-16-22-13-19(17-5-7-18(8-6-17)25(31-27)32-28)9-10-20(22)14-34(16)24-4-2-3-23(30-24)26-33-29-15-35(26)21-11-12-21;1-2/h2-10,13,15,21H,1,11-12,14,27-28H2,(H,31,32);1-2H3. The molecule has 9 heteroatoms. The number of nitrogens with two attached hydrogens (primary N) is 2. The second-order valence-electron chi connectivity index (χ2n) is 8.78. The number of rotatable bonds is 5. The number of fused-ring (bicyclic) bond motifs is 1. The molecule has 0 atom stereocenters. The van der Waals surface area contributed by atoms with Gasteiger partial charge in [-0.05, 0) is 47.7 Å². The molecule has 6 rings (SSSR count). The molecule has 4 aromatic rings. The van der Waals surface area contributed by atoms with Crippen LogP contribution < -0.4 is 22.0 Å². The highest BCUT2D eigenvalue weighted by Crippen LogP contribution is 2.39. The van der Waals surface area contributed by atoms with E-state index in [9.17, 15) is 0 Å². The molecule has 37 heavy (non-hydrogen) atoms. The molecule has 1 aliphatic carbocycles. The molecule has 2 aliphatic rings. The number of aromatic nitrogens is 4. The van der Waals surface area contributed by atoms with Crippen LogP contribution in [0.2, 0.25) is 0 Å². The number of nitrogens with zero attached hydrogens (tertiary/aromatic N) is 6. The summed E-state index contributed by atoms with van der Waals surface area (Å²) in [5, 5.41) is 12.1. The van der Waals surface area contributed by atoms with Gasteiger partial charge in [-0.2, -0.15) is 5.10 Å². The number of pyridine rings is 1. The van der Waals surface area contributed by atoms with Gasteiger partial charge in [-0.1, -0.05) is 62.9 Å². The number of hydrazone groups is 1. The maximum absolute atomic E-state index is 5.47. The van der Waals surface area contributed by atoms with Crippen LogP contribution in [0.1, 0.15) is 49.4 Å². The molecule has 5 N–H and O–H groups in total. The molecule has 0 saturated heterocycles. The summed E-state index contributed by atoms with van der Waals surface area (Å²) >= 11 is 0. The maximum atomic E-state index is 5.47. The van der Waals surface area contributed by atoms with E-state index in [1.54, 1.807) is 6.33 Å². The van der Waals surface area contributed by atoms with Gasteiger partial charge in [0.15, 0.2) is 11.7 Å². The molecule has 188 valence electrons. The monoisotopic (exact) mass is 493 g/mol. The third-order valence-electron chi connectivity index (χ3n) is 6.59. The molecule has 3 heterocycles. The van der Waals surface area contributed by atoms with Crippen molar-refractivity contribution in [3.05, 3.63) is 90.3 Å². The molecular formula is C28H31N9. The lowest BCUT2D eigenvalue weighted by Gasteiger charge is -2.19. The lowest BCUT2D eigenvalue weighted by molar-refractivity contribution is 0.743. The Morgan fingerprint density at radius 3 is 2.51 bits per heavy atom. The third-order valence-corrected chi connectivity index (χ3v) is 6.59. The van der Waals surface area contributed by atoms with Gasteiger partial charge in [0.1, 0.15) is 17.8 Å². The SMILES string of the molecule is C=C1c2cc(-c3ccc(/C(=N/N)NN)cc3)ccc2CN1c1cccc(-c2nncn2C2CC2)n1.CC. The Kier molecular flexibility index (Phi) is 6.70. The van der Waals surface area contributed by atoms with E-state index in [0.29, 0.717) is 11.9 Å². The van der Waals surface area contributed by atoms with Gasteiger partial charge in [0.25, 0.3) is 0 Å². The predicted octanol–water partition coefficient (Wildman–Crippen LogP) is 4.44. The van der Waals surface area contributed by atoms with Crippen LogP contribution in [0.5, 0.6) is 0 Å². The second-order valence-corrected chi connectivity index (χ2v) is 8.78. The highest BCUT2D eigenvalue weighted by Gasteiger charge is 2.28. The van der Waals surface area contributed by atoms with Gasteiger partial charge in [-0.15, -0.1) is 10.2 Å². The summed E-state index contributed by atoms with van der Waals surface area (Å²) in [6.07, 6.45) is 4.13. The molecule has 2 aromatic carbocycles. The number of amidine groups is 1. The van der Waals surface area contributed by atoms with E-state index in [1.807, 2.05) is 56.3 Å². The number of benzene rings is 2. The first-order valence-electron chi connectivity index (χ1n) is 12.5. The molecule has 0 bridgehead atoms. The van der Waals surface area contributed by atoms with E-state index in [1.165, 1.54) is 18.4 Å². The Labute approximate surface area is 216 Å². The van der Waals surface area contributed by atoms with Gasteiger partial charge in [-0.25, -0.2) is 10.8 Å². The van der Waals surface area contributed by atoms with E-state index in [0.717, 1.165) is 51.8 Å². The van der Waals surface area contributed by atoms with Crippen molar-refractivity contribution >= 4 is 17.4 Å². The van der Waals surface area contributed by atoms with E-state index >= 15 is 0 Å². The van der Waals surface area contributed by atoms with E-state index in [2.05, 4.69) is 55.0 Å². The normalized spacial score (nSPS) is 14.7. The molecule has 0 amide bonds. The summed E-state index contributed by atoms with van der Waals surface area (Å²) in [4.78, 5) is 7.08. The van der Waals surface area contributed by atoms with Gasteiger partial charge < -0.3 is 20.7 Å². The van der Waals surface area contributed by atoms with Crippen LogP contribution >= 0.6 is 0 Å². The minimum Gasteiger partial charge on any atom is -0.322 e. The second kappa shape index (κ2) is 10.2. The topological polar surface area (TPSA) is 123 Å². The van der Waals surface area contributed by atoms with Gasteiger partial charge >= 0.3 is 0 Å². The van der Waals surface area contributed by atoms with Crippen LogP contribution in [0.25, 0.3) is 28.3 Å². The van der Waals surface area contributed by atoms with E-state index < -0.39 is 0 Å². The van der Waals surface area contributed by atoms with Crippen LogP contribution in [0, 0.1) is 0 Å². The van der Waals surface area contributed by atoms with Crippen molar-refractivity contribution in [1.82, 2.24) is 25.2 Å². The Balaban J connectivity index is 0.00000137. The van der Waals surface area contributed by atoms with Crippen molar-refractivity contribution in [2.45, 2.75) is 39.3 Å². The maximum Gasteiger partial charge on any atom is 0.182 e. The molecule has 1 fully saturated rings. The van der Waals surface area contributed by atoms with Gasteiger partial charge in [0.2, 0.25) is 0 Å². The first-order chi connectivity index (χ1) is 18.2. The summed E-state index contributed by atoms with van der Waals surface area (Å²) in [5.41, 5.74) is 9.59. The summed E-state index contributed by atoms with van der Waals surface area (Å²) in [7, 11) is 0. The quantitative estimate of drug-likeness (QED) is 0.162. The molecule has 1 aliphatic heterocycles. The van der Waals surface area contributed by atoms with Crippen LogP contribution in [0.4, 0.5) is 5.82 Å². The molecular weight excluding hydrogens is 462 g/mol. The highest BCUT2D eigenvalue weighted by molar-refractivity contribution is 5.98. The number of hydrogen-bond donors (Lipinski definition) is 3. The lowest BCUT2D eigenvalue weighted by atomic mass is 9.99. The number of hydrogen-bond acceptors (Lipinski definition) is 7. The first kappa shape index (κ1) is 24.2. The smallest absolute Gasteiger partial charge is 0.182 e. The third kappa shape index (κ3) is 4.56. The number of anilines is 1. The zero-order chi connectivity index (χ0) is 25.9. The number of nitrogens with one attached hydrogen (secondary N) is 1. The van der Waals surface area contributed by atoms with Crippen molar-refractivity contribution < 1.29 is 0 Å². The minimum atomic E-state index is 0.430. The summed E-state index contributed by atoms with van der Waals surface area (Å²) in [6.45, 7) is 9.12. The Hall–Kier alpha value is -4.50. The average molecular weight is 494 g/mol. The fraction of sp³-hybridized carbons (Fsp3) is 0.214. The lowest BCUT2D eigenvalue weighted by Crippen LogP contribution is -2.31. The molecule has 1 saturated carbocycles. The number of hydrazine groups is 1. The zero-order valence-electron chi connectivity index (χ0n) is 21.1. The molecule has 0 radical (unpaired) electrons. The van der Waals surface area contributed by atoms with Crippen molar-refractivity contribution in [3.63, 3.8) is 0 Å². The molecule has 0 spiro atoms. The van der Waals surface area contributed by atoms with Gasteiger partial charge in [0.05, 0.1) is 6.54 Å². The summed E-state index contributed by atoms with van der Waals surface area (Å²) in [6, 6.07) is 20.9. The summed E-state index contributed by atoms with van der Waals surface area (Å²) in [5.74, 6) is 12.9. The van der Waals surface area contributed by atoms with Gasteiger partial charge in [-0.3, -0.25) is 0 Å². The van der Waals surface area contributed by atoms with Crippen LogP contribution in [0.3, 0.4) is 0 Å². The zero-order valence-corrected chi connectivity index (χ0v) is 21.1. The molecule has 0 unspecified atom stereocenters. The van der Waals surface area contributed by atoms with Crippen molar-refractivity contribution in [2.75, 3.05) is 4.90 Å². The fourth-order valence-corrected chi connectivity index (χ4v) is 4.55. The first-order valence-corrected chi connectivity index (χ1v) is 12.5. The van der Waals surface area contributed by atoms with E-state index in [-0.39, 0.29) is 0 Å². The predicted molar refractivity (Wildman–Crippen MR) is 148 cm³/mol. The van der Waals surface area contributed by atoms with Crippen LogP contribution in [-0.4, -0.2) is 25.6 Å². The van der Waals surface area contributed by atoms with Crippen molar-refractivity contribution in [2.24, 2.45) is 16.8 Å². The minimum absolute atomic E-state index is 0.430. The van der Waals surface area contributed by atoms with Crippen LogP contribution in [0.15, 0.2) is 78.7 Å². The highest BCUT2D eigenvalue weighted by atomic mass is 15.3. The Bertz CT molecular complexity index is 1450. The largest absolute Gasteiger partial charge is 0.322 e. The van der Waals surface area contributed by atoms with Crippen molar-refractivity contribution in [1.29, 1.82) is 0 Å². The Morgan fingerprint density at radius 2 is 1.81 bits per heavy atom.